The van der Waals surface area contributed by atoms with Crippen LogP contribution in [0, 0.1) is 0 Å². The summed E-state index contributed by atoms with van der Waals surface area (Å²) < 4.78 is 5.61. The van der Waals surface area contributed by atoms with Crippen molar-refractivity contribution in [3.8, 4) is 6.01 Å². The molecule has 1 N–H and O–H groups in total. The standard InChI is InChI=1S/C14H26N6O/c1-10(2)21-14-17-12(15-3)16-13(18-14)20(5)11-6-8-19(4)9-7-11/h10-11H,6-9H2,1-5H3,(H,15,16,17,18). The largest absolute Gasteiger partial charge is 0.461 e. The minimum absolute atomic E-state index is 0.0404. The summed E-state index contributed by atoms with van der Waals surface area (Å²) >= 11 is 0. The minimum Gasteiger partial charge on any atom is -0.461 e. The predicted molar refractivity (Wildman–Crippen MR) is 84.1 cm³/mol. The Bertz CT molecular complexity index is 459. The third kappa shape index (κ3) is 4.17. The van der Waals surface area contributed by atoms with E-state index in [9.17, 15) is 0 Å². The number of piperidine rings is 1. The molecule has 0 radical (unpaired) electrons. The van der Waals surface area contributed by atoms with Crippen LogP contribution in [0.2, 0.25) is 0 Å². The molecule has 0 aliphatic carbocycles. The molecule has 1 saturated heterocycles. The lowest BCUT2D eigenvalue weighted by Crippen LogP contribution is -2.42. The van der Waals surface area contributed by atoms with Gasteiger partial charge in [0.2, 0.25) is 11.9 Å². The highest BCUT2D eigenvalue weighted by molar-refractivity contribution is 5.38. The van der Waals surface area contributed by atoms with Gasteiger partial charge in [0.25, 0.3) is 0 Å². The number of anilines is 2. The van der Waals surface area contributed by atoms with Crippen molar-refractivity contribution in [1.29, 1.82) is 0 Å². The molecule has 2 heterocycles. The van der Waals surface area contributed by atoms with Crippen LogP contribution in [-0.4, -0.2) is 66.2 Å². The van der Waals surface area contributed by atoms with Crippen molar-refractivity contribution in [3.05, 3.63) is 0 Å². The summed E-state index contributed by atoms with van der Waals surface area (Å²) in [4.78, 5) is 17.6. The van der Waals surface area contributed by atoms with Crippen LogP contribution in [0.1, 0.15) is 26.7 Å². The molecule has 1 fully saturated rings. The Hall–Kier alpha value is -1.63. The van der Waals surface area contributed by atoms with Gasteiger partial charge < -0.3 is 19.9 Å². The van der Waals surface area contributed by atoms with E-state index in [2.05, 4.69) is 37.1 Å². The van der Waals surface area contributed by atoms with Crippen LogP contribution in [0.3, 0.4) is 0 Å². The van der Waals surface area contributed by atoms with Gasteiger partial charge in [-0.3, -0.25) is 0 Å². The lowest BCUT2D eigenvalue weighted by atomic mass is 10.0. The van der Waals surface area contributed by atoms with Crippen molar-refractivity contribution in [3.63, 3.8) is 0 Å². The Balaban J connectivity index is 2.17. The molecule has 1 aliphatic rings. The second-order valence-corrected chi connectivity index (χ2v) is 5.80. The van der Waals surface area contributed by atoms with Gasteiger partial charge >= 0.3 is 6.01 Å². The average molecular weight is 294 g/mol. The minimum atomic E-state index is 0.0404. The smallest absolute Gasteiger partial charge is 0.323 e. The highest BCUT2D eigenvalue weighted by Crippen LogP contribution is 2.21. The van der Waals surface area contributed by atoms with E-state index in [-0.39, 0.29) is 6.10 Å². The maximum atomic E-state index is 5.61. The van der Waals surface area contributed by atoms with E-state index < -0.39 is 0 Å². The zero-order chi connectivity index (χ0) is 15.4. The first-order valence-corrected chi connectivity index (χ1v) is 7.51. The molecule has 1 aliphatic heterocycles. The Kier molecular flexibility index (Phi) is 5.17. The first-order valence-electron chi connectivity index (χ1n) is 7.51. The second-order valence-electron chi connectivity index (χ2n) is 5.80. The molecular formula is C14H26N6O. The number of likely N-dealkylation sites (tertiary alicyclic amines) is 1. The SMILES string of the molecule is CNc1nc(OC(C)C)nc(N(C)C2CCN(C)CC2)n1. The quantitative estimate of drug-likeness (QED) is 0.876. The predicted octanol–water partition coefficient (Wildman–Crippen LogP) is 1.23. The van der Waals surface area contributed by atoms with Crippen molar-refractivity contribution in [2.24, 2.45) is 0 Å². The highest BCUT2D eigenvalue weighted by atomic mass is 16.5. The van der Waals surface area contributed by atoms with Crippen molar-refractivity contribution in [1.82, 2.24) is 19.9 Å². The van der Waals surface area contributed by atoms with Gasteiger partial charge in [-0.1, -0.05) is 0 Å². The Labute approximate surface area is 126 Å². The molecule has 0 bridgehead atoms. The van der Waals surface area contributed by atoms with E-state index in [1.807, 2.05) is 20.9 Å². The molecule has 1 aromatic heterocycles. The molecule has 0 atom stereocenters. The molecular weight excluding hydrogens is 268 g/mol. The summed E-state index contributed by atoms with van der Waals surface area (Å²) in [5, 5.41) is 2.97. The van der Waals surface area contributed by atoms with Gasteiger partial charge in [0.1, 0.15) is 0 Å². The van der Waals surface area contributed by atoms with Crippen LogP contribution >= 0.6 is 0 Å². The van der Waals surface area contributed by atoms with Gasteiger partial charge in [0.05, 0.1) is 6.10 Å². The Morgan fingerprint density at radius 3 is 2.48 bits per heavy atom. The monoisotopic (exact) mass is 294 g/mol. The summed E-state index contributed by atoms with van der Waals surface area (Å²) in [6.45, 7) is 6.13. The third-order valence-electron chi connectivity index (χ3n) is 3.72. The fourth-order valence-electron chi connectivity index (χ4n) is 2.42. The van der Waals surface area contributed by atoms with E-state index in [1.54, 1.807) is 7.05 Å². The second kappa shape index (κ2) is 6.89. The van der Waals surface area contributed by atoms with E-state index in [0.717, 1.165) is 25.9 Å². The number of hydrogen-bond acceptors (Lipinski definition) is 7. The number of nitrogens with one attached hydrogen (secondary N) is 1. The molecule has 2 rings (SSSR count). The fraction of sp³-hybridized carbons (Fsp3) is 0.786. The van der Waals surface area contributed by atoms with Crippen LogP contribution in [0.15, 0.2) is 0 Å². The highest BCUT2D eigenvalue weighted by Gasteiger charge is 2.23. The number of ether oxygens (including phenoxy) is 1. The summed E-state index contributed by atoms with van der Waals surface area (Å²) in [7, 11) is 6.00. The molecule has 7 heteroatoms. The van der Waals surface area contributed by atoms with Crippen LogP contribution in [0.4, 0.5) is 11.9 Å². The lowest BCUT2D eigenvalue weighted by Gasteiger charge is -2.35. The zero-order valence-corrected chi connectivity index (χ0v) is 13.6. The number of nitrogens with zero attached hydrogens (tertiary/aromatic N) is 5. The molecule has 118 valence electrons. The van der Waals surface area contributed by atoms with Gasteiger partial charge in [0.15, 0.2) is 0 Å². The van der Waals surface area contributed by atoms with E-state index in [4.69, 9.17) is 4.74 Å². The summed E-state index contributed by atoms with van der Waals surface area (Å²) in [5.41, 5.74) is 0. The van der Waals surface area contributed by atoms with E-state index in [1.165, 1.54) is 0 Å². The average Bonchev–Trinajstić information content (AvgIpc) is 2.46. The third-order valence-corrected chi connectivity index (χ3v) is 3.72. The summed E-state index contributed by atoms with van der Waals surface area (Å²) in [6.07, 6.45) is 2.28. The number of hydrogen-bond donors (Lipinski definition) is 1. The van der Waals surface area contributed by atoms with Gasteiger partial charge in [-0.25, -0.2) is 0 Å². The summed E-state index contributed by atoms with van der Waals surface area (Å²) in [6, 6.07) is 0.833. The van der Waals surface area contributed by atoms with Crippen molar-refractivity contribution >= 4 is 11.9 Å². The topological polar surface area (TPSA) is 66.4 Å². The Morgan fingerprint density at radius 2 is 1.90 bits per heavy atom. The molecule has 0 aromatic carbocycles. The van der Waals surface area contributed by atoms with Gasteiger partial charge in [-0.2, -0.15) is 15.0 Å². The molecule has 7 nitrogen and oxygen atoms in total. The van der Waals surface area contributed by atoms with Crippen LogP contribution in [0.25, 0.3) is 0 Å². The maximum absolute atomic E-state index is 5.61. The molecule has 0 spiro atoms. The lowest BCUT2D eigenvalue weighted by molar-refractivity contribution is 0.221. The number of aromatic nitrogens is 3. The van der Waals surface area contributed by atoms with Crippen molar-refractivity contribution < 1.29 is 4.74 Å². The number of rotatable bonds is 5. The van der Waals surface area contributed by atoms with Gasteiger partial charge in [0, 0.05) is 20.1 Å². The van der Waals surface area contributed by atoms with Crippen molar-refractivity contribution in [2.45, 2.75) is 38.8 Å². The molecule has 0 saturated carbocycles. The Morgan fingerprint density at radius 1 is 1.24 bits per heavy atom. The molecule has 0 amide bonds. The van der Waals surface area contributed by atoms with E-state index >= 15 is 0 Å². The first kappa shape index (κ1) is 15.8. The maximum Gasteiger partial charge on any atom is 0.323 e. The zero-order valence-electron chi connectivity index (χ0n) is 13.6. The first-order chi connectivity index (χ1) is 9.99. The van der Waals surface area contributed by atoms with E-state index in [0.29, 0.717) is 23.9 Å². The van der Waals surface area contributed by atoms with Crippen LogP contribution < -0.4 is 15.0 Å². The molecule has 0 unspecified atom stereocenters. The normalized spacial score (nSPS) is 17.0. The van der Waals surface area contributed by atoms with Gasteiger partial charge in [-0.05, 0) is 46.8 Å². The van der Waals surface area contributed by atoms with Gasteiger partial charge in [-0.15, -0.1) is 0 Å². The summed E-state index contributed by atoms with van der Waals surface area (Å²) in [5.74, 6) is 1.20. The van der Waals surface area contributed by atoms with Crippen LogP contribution in [-0.2, 0) is 0 Å². The van der Waals surface area contributed by atoms with Crippen LogP contribution in [0.5, 0.6) is 6.01 Å². The molecule has 1 aromatic rings. The van der Waals surface area contributed by atoms with Crippen molar-refractivity contribution in [2.75, 3.05) is 44.4 Å². The molecule has 21 heavy (non-hydrogen) atoms. The fourth-order valence-corrected chi connectivity index (χ4v) is 2.42.